The van der Waals surface area contributed by atoms with E-state index >= 15 is 0 Å². The molecule has 2 heterocycles. The maximum Gasteiger partial charge on any atom is 0.287 e. The van der Waals surface area contributed by atoms with Crippen molar-refractivity contribution >= 4 is 16.7 Å². The van der Waals surface area contributed by atoms with E-state index in [0.29, 0.717) is 28.7 Å². The Labute approximate surface area is 191 Å². The summed E-state index contributed by atoms with van der Waals surface area (Å²) in [6.45, 7) is 0. The Balaban J connectivity index is 1.89. The number of pyridine rings is 1. The van der Waals surface area contributed by atoms with E-state index in [1.54, 1.807) is 52.8 Å². The number of hydrogen-bond acceptors (Lipinski definition) is 7. The quantitative estimate of drug-likeness (QED) is 0.428. The molecule has 0 spiro atoms. The molecule has 170 valence electrons. The molecule has 8 heteroatoms. The molecule has 1 N–H and O–H groups in total. The van der Waals surface area contributed by atoms with Crippen LogP contribution in [0, 0.1) is 0 Å². The third-order valence-corrected chi connectivity index (χ3v) is 5.33. The molecule has 0 radical (unpaired) electrons. The molecule has 0 aliphatic carbocycles. The number of carbonyl (C=O) groups is 1. The van der Waals surface area contributed by atoms with E-state index in [1.165, 1.54) is 6.26 Å². The first kappa shape index (κ1) is 22.0. The number of benzene rings is 2. The number of fused-ring (bicyclic) bond motifs is 1. The summed E-state index contributed by atoms with van der Waals surface area (Å²) in [4.78, 5) is 17.6. The number of ether oxygens (including phenoxy) is 4. The van der Waals surface area contributed by atoms with Gasteiger partial charge < -0.3 is 28.7 Å². The highest BCUT2D eigenvalue weighted by molar-refractivity contribution is 5.93. The van der Waals surface area contributed by atoms with Gasteiger partial charge in [0.15, 0.2) is 28.8 Å². The van der Waals surface area contributed by atoms with Crippen molar-refractivity contribution in [2.24, 2.45) is 0 Å². The number of rotatable bonds is 8. The molecule has 1 atom stereocenters. The summed E-state index contributed by atoms with van der Waals surface area (Å²) in [5.74, 6) is 2.09. The zero-order chi connectivity index (χ0) is 23.4. The monoisotopic (exact) mass is 448 g/mol. The Hall–Kier alpha value is -4.20. The summed E-state index contributed by atoms with van der Waals surface area (Å²) in [5.41, 5.74) is 1.38. The largest absolute Gasteiger partial charge is 0.493 e. The lowest BCUT2D eigenvalue weighted by Gasteiger charge is -2.22. The Morgan fingerprint density at radius 2 is 1.58 bits per heavy atom. The van der Waals surface area contributed by atoms with E-state index in [4.69, 9.17) is 23.4 Å². The van der Waals surface area contributed by atoms with Crippen LogP contribution in [0.2, 0.25) is 0 Å². The Morgan fingerprint density at radius 1 is 0.879 bits per heavy atom. The second-order valence-electron chi connectivity index (χ2n) is 7.12. The van der Waals surface area contributed by atoms with Gasteiger partial charge in [-0.2, -0.15) is 0 Å². The van der Waals surface area contributed by atoms with Crippen LogP contribution in [0.5, 0.6) is 23.0 Å². The summed E-state index contributed by atoms with van der Waals surface area (Å²) in [6.07, 6.45) is 3.14. The highest BCUT2D eigenvalue weighted by atomic mass is 16.5. The van der Waals surface area contributed by atoms with Gasteiger partial charge in [-0.1, -0.05) is 6.07 Å². The second kappa shape index (κ2) is 9.52. The van der Waals surface area contributed by atoms with Gasteiger partial charge in [0.1, 0.15) is 0 Å². The number of nitrogens with one attached hydrogen (secondary N) is 1. The Morgan fingerprint density at radius 3 is 2.24 bits per heavy atom. The maximum absolute atomic E-state index is 13.0. The molecule has 4 rings (SSSR count). The van der Waals surface area contributed by atoms with Gasteiger partial charge in [-0.05, 0) is 53.4 Å². The van der Waals surface area contributed by atoms with Gasteiger partial charge in [0.25, 0.3) is 5.91 Å². The SMILES string of the molecule is COc1ccc([C@H](NC(=O)c2ccco2)c2nccc3cc(OC)c(OC)cc23)cc1OC. The maximum atomic E-state index is 13.0. The molecule has 2 aromatic carbocycles. The Kier molecular flexibility index (Phi) is 6.35. The van der Waals surface area contributed by atoms with Crippen LogP contribution in [0.25, 0.3) is 10.8 Å². The van der Waals surface area contributed by atoms with Crippen molar-refractivity contribution in [2.45, 2.75) is 6.04 Å². The molecule has 4 aromatic rings. The number of amides is 1. The van der Waals surface area contributed by atoms with E-state index in [0.717, 1.165) is 16.3 Å². The van der Waals surface area contributed by atoms with Crippen LogP contribution in [0.15, 0.2) is 65.4 Å². The van der Waals surface area contributed by atoms with Gasteiger partial charge in [-0.25, -0.2) is 0 Å². The zero-order valence-electron chi connectivity index (χ0n) is 18.7. The summed E-state index contributed by atoms with van der Waals surface area (Å²) >= 11 is 0. The molecule has 0 aliphatic heterocycles. The first-order chi connectivity index (χ1) is 16.1. The molecule has 0 unspecified atom stereocenters. The third-order valence-electron chi connectivity index (χ3n) is 5.33. The number of aromatic nitrogens is 1. The number of hydrogen-bond donors (Lipinski definition) is 1. The van der Waals surface area contributed by atoms with Gasteiger partial charge >= 0.3 is 0 Å². The van der Waals surface area contributed by atoms with Crippen molar-refractivity contribution < 1.29 is 28.2 Å². The summed E-state index contributed by atoms with van der Waals surface area (Å²) in [7, 11) is 6.29. The Bertz CT molecular complexity index is 1270. The number of methoxy groups -OCH3 is 4. The van der Waals surface area contributed by atoms with Crippen molar-refractivity contribution in [3.05, 3.63) is 78.0 Å². The minimum atomic E-state index is -0.621. The summed E-state index contributed by atoms with van der Waals surface area (Å²) in [6, 6.07) is 13.7. The molecule has 0 fully saturated rings. The average molecular weight is 448 g/mol. The summed E-state index contributed by atoms with van der Waals surface area (Å²) < 4.78 is 27.1. The lowest BCUT2D eigenvalue weighted by molar-refractivity contribution is 0.0914. The molecule has 0 aliphatic rings. The van der Waals surface area contributed by atoms with Crippen LogP contribution in [-0.2, 0) is 0 Å². The number of furan rings is 1. The predicted octanol–water partition coefficient (Wildman–Crippen LogP) is 4.38. The van der Waals surface area contributed by atoms with Crippen LogP contribution in [0.3, 0.4) is 0 Å². The molecule has 2 aromatic heterocycles. The molecule has 33 heavy (non-hydrogen) atoms. The van der Waals surface area contributed by atoms with Crippen LogP contribution < -0.4 is 24.3 Å². The second-order valence-corrected chi connectivity index (χ2v) is 7.12. The highest BCUT2D eigenvalue weighted by Gasteiger charge is 2.24. The van der Waals surface area contributed by atoms with Gasteiger partial charge in [0, 0.05) is 11.6 Å². The average Bonchev–Trinajstić information content (AvgIpc) is 3.41. The molecule has 1 amide bonds. The van der Waals surface area contributed by atoms with Crippen LogP contribution in [-0.4, -0.2) is 39.3 Å². The smallest absolute Gasteiger partial charge is 0.287 e. The van der Waals surface area contributed by atoms with Crippen molar-refractivity contribution in [2.75, 3.05) is 28.4 Å². The van der Waals surface area contributed by atoms with Crippen molar-refractivity contribution in [3.8, 4) is 23.0 Å². The fraction of sp³-hybridized carbons (Fsp3) is 0.200. The zero-order valence-corrected chi connectivity index (χ0v) is 18.7. The fourth-order valence-corrected chi connectivity index (χ4v) is 3.70. The normalized spacial score (nSPS) is 11.6. The standard InChI is InChI=1S/C25H24N2O6/c1-29-18-8-7-16(13-20(18)30-2)23(27-25(28)19-6-5-11-33-19)24-17-14-22(32-4)21(31-3)12-15(17)9-10-26-24/h5-14,23H,1-4H3,(H,27,28)/t23-/m0/s1. The van der Waals surface area contributed by atoms with Crippen LogP contribution in [0.4, 0.5) is 0 Å². The van der Waals surface area contributed by atoms with E-state index in [1.807, 2.05) is 30.3 Å². The van der Waals surface area contributed by atoms with Crippen molar-refractivity contribution in [3.63, 3.8) is 0 Å². The van der Waals surface area contributed by atoms with E-state index in [9.17, 15) is 4.79 Å². The molecular weight excluding hydrogens is 424 g/mol. The number of nitrogens with zero attached hydrogens (tertiary/aromatic N) is 1. The minimum absolute atomic E-state index is 0.194. The van der Waals surface area contributed by atoms with Gasteiger partial charge in [-0.15, -0.1) is 0 Å². The van der Waals surface area contributed by atoms with E-state index < -0.39 is 6.04 Å². The number of carbonyl (C=O) groups excluding carboxylic acids is 1. The van der Waals surface area contributed by atoms with Gasteiger partial charge in [0.2, 0.25) is 0 Å². The highest BCUT2D eigenvalue weighted by Crippen LogP contribution is 2.37. The van der Waals surface area contributed by atoms with Gasteiger partial charge in [-0.3, -0.25) is 9.78 Å². The van der Waals surface area contributed by atoms with E-state index in [2.05, 4.69) is 10.3 Å². The molecule has 0 saturated heterocycles. The predicted molar refractivity (Wildman–Crippen MR) is 122 cm³/mol. The first-order valence-electron chi connectivity index (χ1n) is 10.2. The van der Waals surface area contributed by atoms with Gasteiger partial charge in [0.05, 0.1) is 46.4 Å². The van der Waals surface area contributed by atoms with Crippen molar-refractivity contribution in [1.82, 2.24) is 10.3 Å². The lowest BCUT2D eigenvalue weighted by Crippen LogP contribution is -2.30. The van der Waals surface area contributed by atoms with E-state index in [-0.39, 0.29) is 11.7 Å². The molecular formula is C25H24N2O6. The fourth-order valence-electron chi connectivity index (χ4n) is 3.70. The van der Waals surface area contributed by atoms with Crippen LogP contribution >= 0.6 is 0 Å². The minimum Gasteiger partial charge on any atom is -0.493 e. The third kappa shape index (κ3) is 4.27. The molecule has 0 bridgehead atoms. The van der Waals surface area contributed by atoms with Crippen LogP contribution in [0.1, 0.15) is 27.9 Å². The molecule has 8 nitrogen and oxygen atoms in total. The lowest BCUT2D eigenvalue weighted by atomic mass is 9.97. The summed E-state index contributed by atoms with van der Waals surface area (Å²) in [5, 5.41) is 4.72. The van der Waals surface area contributed by atoms with Crippen molar-refractivity contribution in [1.29, 1.82) is 0 Å². The topological polar surface area (TPSA) is 92.1 Å². The first-order valence-corrected chi connectivity index (χ1v) is 10.2. The molecule has 0 saturated carbocycles.